The zero-order valence-corrected chi connectivity index (χ0v) is 12.4. The highest BCUT2D eigenvalue weighted by Crippen LogP contribution is 2.33. The predicted molar refractivity (Wildman–Crippen MR) is 77.6 cm³/mol. The van der Waals surface area contributed by atoms with Gasteiger partial charge in [-0.05, 0) is 26.0 Å². The summed E-state index contributed by atoms with van der Waals surface area (Å²) < 4.78 is 7.16. The van der Waals surface area contributed by atoms with Gasteiger partial charge in [0, 0.05) is 50.1 Å². The van der Waals surface area contributed by atoms with E-state index >= 15 is 0 Å². The average molecular weight is 288 g/mol. The van der Waals surface area contributed by atoms with Crippen LogP contribution in [0, 0.1) is 0 Å². The van der Waals surface area contributed by atoms with Crippen molar-refractivity contribution in [3.63, 3.8) is 0 Å². The fourth-order valence-electron chi connectivity index (χ4n) is 2.55. The van der Waals surface area contributed by atoms with E-state index < -0.39 is 5.60 Å². The first kappa shape index (κ1) is 14.2. The lowest BCUT2D eigenvalue weighted by Gasteiger charge is -2.31. The van der Waals surface area contributed by atoms with Gasteiger partial charge in [0.2, 0.25) is 0 Å². The van der Waals surface area contributed by atoms with Crippen molar-refractivity contribution in [2.24, 2.45) is 0 Å². The van der Waals surface area contributed by atoms with Gasteiger partial charge in [-0.2, -0.15) is 5.10 Å². The van der Waals surface area contributed by atoms with Crippen LogP contribution >= 0.6 is 0 Å². The first-order valence-electron chi connectivity index (χ1n) is 7.28. The minimum atomic E-state index is -0.962. The smallest absolute Gasteiger partial charge is 0.183 e. The highest BCUT2D eigenvalue weighted by molar-refractivity contribution is 5.52. The normalized spacial score (nSPS) is 18.1. The maximum atomic E-state index is 10.9. The van der Waals surface area contributed by atoms with Crippen molar-refractivity contribution in [3.05, 3.63) is 30.4 Å². The molecule has 0 bridgehead atoms. The number of pyridine rings is 1. The molecule has 1 aliphatic heterocycles. The fourth-order valence-corrected chi connectivity index (χ4v) is 2.55. The quantitative estimate of drug-likeness (QED) is 0.934. The standard InChI is InChI=1S/C15H20N4O2/c1-11(2)19-14(15(20)5-8-21-9-6-15)17-13(18-19)12-4-3-7-16-10-12/h3-4,7,10-11,20H,5-6,8-9H2,1-2H3. The van der Waals surface area contributed by atoms with E-state index in [0.717, 1.165) is 5.56 Å². The molecule has 0 unspecified atom stereocenters. The summed E-state index contributed by atoms with van der Waals surface area (Å²) in [6, 6.07) is 3.91. The van der Waals surface area contributed by atoms with Gasteiger partial charge >= 0.3 is 0 Å². The van der Waals surface area contributed by atoms with E-state index in [9.17, 15) is 5.11 Å². The number of hydrogen-bond donors (Lipinski definition) is 1. The van der Waals surface area contributed by atoms with Gasteiger partial charge in [0.05, 0.1) is 0 Å². The Bertz CT molecular complexity index is 603. The van der Waals surface area contributed by atoms with Crippen molar-refractivity contribution >= 4 is 0 Å². The Hall–Kier alpha value is -1.79. The molecule has 6 nitrogen and oxygen atoms in total. The summed E-state index contributed by atoms with van der Waals surface area (Å²) in [5, 5.41) is 15.5. The highest BCUT2D eigenvalue weighted by Gasteiger charge is 2.37. The highest BCUT2D eigenvalue weighted by atomic mass is 16.5. The molecule has 0 radical (unpaired) electrons. The summed E-state index contributed by atoms with van der Waals surface area (Å²) >= 11 is 0. The molecular formula is C15H20N4O2. The maximum absolute atomic E-state index is 10.9. The summed E-state index contributed by atoms with van der Waals surface area (Å²) in [7, 11) is 0. The summed E-state index contributed by atoms with van der Waals surface area (Å²) in [5.41, 5.74) is -0.107. The number of nitrogens with zero attached hydrogens (tertiary/aromatic N) is 4. The molecule has 3 heterocycles. The molecule has 3 rings (SSSR count). The predicted octanol–water partition coefficient (Wildman–Crippen LogP) is 1.92. The van der Waals surface area contributed by atoms with Crippen molar-refractivity contribution in [3.8, 4) is 11.4 Å². The average Bonchev–Trinajstić information content (AvgIpc) is 2.95. The van der Waals surface area contributed by atoms with Crippen LogP contribution < -0.4 is 0 Å². The van der Waals surface area contributed by atoms with E-state index in [2.05, 4.69) is 15.1 Å². The second kappa shape index (κ2) is 5.54. The fraction of sp³-hybridized carbons (Fsp3) is 0.533. The summed E-state index contributed by atoms with van der Waals surface area (Å²) in [6.45, 7) is 5.16. The Balaban J connectivity index is 2.05. The van der Waals surface area contributed by atoms with Crippen molar-refractivity contribution in [2.45, 2.75) is 38.3 Å². The topological polar surface area (TPSA) is 73.1 Å². The molecular weight excluding hydrogens is 268 g/mol. The third kappa shape index (κ3) is 2.69. The van der Waals surface area contributed by atoms with E-state index in [-0.39, 0.29) is 6.04 Å². The van der Waals surface area contributed by atoms with Crippen LogP contribution in [0.1, 0.15) is 38.6 Å². The van der Waals surface area contributed by atoms with Gasteiger partial charge in [0.1, 0.15) is 5.60 Å². The van der Waals surface area contributed by atoms with Crippen molar-refractivity contribution in [2.75, 3.05) is 13.2 Å². The summed E-state index contributed by atoms with van der Waals surface area (Å²) in [5.74, 6) is 1.23. The Morgan fingerprint density at radius 3 is 2.71 bits per heavy atom. The van der Waals surface area contributed by atoms with Crippen LogP contribution in [0.4, 0.5) is 0 Å². The molecule has 0 spiro atoms. The minimum Gasteiger partial charge on any atom is -0.382 e. The molecule has 1 saturated heterocycles. The van der Waals surface area contributed by atoms with Gasteiger partial charge in [-0.25, -0.2) is 9.67 Å². The van der Waals surface area contributed by atoms with Crippen LogP contribution in [-0.2, 0) is 10.3 Å². The number of rotatable bonds is 3. The van der Waals surface area contributed by atoms with E-state index in [1.54, 1.807) is 12.4 Å². The SMILES string of the molecule is CC(C)n1nc(-c2cccnc2)nc1C1(O)CCOCC1. The van der Waals surface area contributed by atoms with E-state index in [4.69, 9.17) is 4.74 Å². The van der Waals surface area contributed by atoms with Gasteiger partial charge in [0.25, 0.3) is 0 Å². The number of ether oxygens (including phenoxy) is 1. The van der Waals surface area contributed by atoms with Crippen molar-refractivity contribution in [1.82, 2.24) is 19.7 Å². The molecule has 1 aliphatic rings. The second-order valence-electron chi connectivity index (χ2n) is 5.68. The van der Waals surface area contributed by atoms with Gasteiger partial charge in [-0.1, -0.05) is 0 Å². The number of hydrogen-bond acceptors (Lipinski definition) is 5. The molecule has 21 heavy (non-hydrogen) atoms. The molecule has 6 heteroatoms. The van der Waals surface area contributed by atoms with Crippen LogP contribution in [0.2, 0.25) is 0 Å². The van der Waals surface area contributed by atoms with E-state index in [1.807, 2.05) is 30.7 Å². The minimum absolute atomic E-state index is 0.129. The number of aromatic nitrogens is 4. The molecule has 0 atom stereocenters. The van der Waals surface area contributed by atoms with Crippen LogP contribution in [-0.4, -0.2) is 38.1 Å². The number of aliphatic hydroxyl groups is 1. The molecule has 112 valence electrons. The Morgan fingerprint density at radius 2 is 2.10 bits per heavy atom. The molecule has 2 aromatic heterocycles. The molecule has 0 saturated carbocycles. The third-order valence-electron chi connectivity index (χ3n) is 3.78. The molecule has 1 N–H and O–H groups in total. The lowest BCUT2D eigenvalue weighted by molar-refractivity contribution is -0.0762. The van der Waals surface area contributed by atoms with Crippen LogP contribution in [0.5, 0.6) is 0 Å². The van der Waals surface area contributed by atoms with Gasteiger partial charge in [-0.15, -0.1) is 0 Å². The maximum Gasteiger partial charge on any atom is 0.183 e. The lowest BCUT2D eigenvalue weighted by Crippen LogP contribution is -2.36. The van der Waals surface area contributed by atoms with Gasteiger partial charge in [0.15, 0.2) is 11.6 Å². The van der Waals surface area contributed by atoms with E-state index in [0.29, 0.717) is 37.7 Å². The zero-order chi connectivity index (χ0) is 14.9. The van der Waals surface area contributed by atoms with Crippen molar-refractivity contribution in [1.29, 1.82) is 0 Å². The zero-order valence-electron chi connectivity index (χ0n) is 12.4. The third-order valence-corrected chi connectivity index (χ3v) is 3.78. The molecule has 0 amide bonds. The van der Waals surface area contributed by atoms with Crippen LogP contribution in [0.15, 0.2) is 24.5 Å². The molecule has 2 aromatic rings. The summed E-state index contributed by atoms with van der Waals surface area (Å²) in [4.78, 5) is 8.71. The Kier molecular flexibility index (Phi) is 3.73. The monoisotopic (exact) mass is 288 g/mol. The van der Waals surface area contributed by atoms with Gasteiger partial charge < -0.3 is 9.84 Å². The van der Waals surface area contributed by atoms with Gasteiger partial charge in [-0.3, -0.25) is 4.98 Å². The first-order chi connectivity index (χ1) is 10.1. The molecule has 0 aromatic carbocycles. The lowest BCUT2D eigenvalue weighted by atomic mass is 9.93. The molecule has 1 fully saturated rings. The van der Waals surface area contributed by atoms with E-state index in [1.165, 1.54) is 0 Å². The van der Waals surface area contributed by atoms with Crippen LogP contribution in [0.25, 0.3) is 11.4 Å². The van der Waals surface area contributed by atoms with Crippen LogP contribution in [0.3, 0.4) is 0 Å². The largest absolute Gasteiger partial charge is 0.382 e. The molecule has 0 aliphatic carbocycles. The Morgan fingerprint density at radius 1 is 1.33 bits per heavy atom. The second-order valence-corrected chi connectivity index (χ2v) is 5.68. The van der Waals surface area contributed by atoms with Crippen molar-refractivity contribution < 1.29 is 9.84 Å². The first-order valence-corrected chi connectivity index (χ1v) is 7.28. The summed E-state index contributed by atoms with van der Waals surface area (Å²) in [6.07, 6.45) is 4.55. The Labute approximate surface area is 123 Å².